The van der Waals surface area contributed by atoms with Crippen molar-refractivity contribution < 1.29 is 14.2 Å². The normalized spacial score (nSPS) is 10.2. The molecule has 0 spiro atoms. The van der Waals surface area contributed by atoms with Gasteiger partial charge in [-0.3, -0.25) is 0 Å². The van der Waals surface area contributed by atoms with Crippen molar-refractivity contribution >= 4 is 17.2 Å². The smallest absolute Gasteiger partial charge is 0.213 e. The van der Waals surface area contributed by atoms with Gasteiger partial charge in [0.25, 0.3) is 0 Å². The standard InChI is InChI=1S/C11H16N2O3S/c1-14-4-5-15-6-7-16-10-8-9(11(12)17)2-3-13-10/h2-3,8H,4-7H2,1H3,(H2,12,17). The van der Waals surface area contributed by atoms with Gasteiger partial charge < -0.3 is 19.9 Å². The van der Waals surface area contributed by atoms with E-state index < -0.39 is 0 Å². The highest BCUT2D eigenvalue weighted by Gasteiger charge is 2.00. The van der Waals surface area contributed by atoms with E-state index in [-0.39, 0.29) is 0 Å². The first-order chi connectivity index (χ1) is 8.24. The monoisotopic (exact) mass is 256 g/mol. The van der Waals surface area contributed by atoms with Gasteiger partial charge in [-0.2, -0.15) is 0 Å². The van der Waals surface area contributed by atoms with Gasteiger partial charge in [0.2, 0.25) is 5.88 Å². The maximum atomic E-state index is 5.50. The molecule has 1 aromatic heterocycles. The predicted molar refractivity (Wildman–Crippen MR) is 68.3 cm³/mol. The number of ether oxygens (including phenoxy) is 3. The minimum atomic E-state index is 0.327. The lowest BCUT2D eigenvalue weighted by Crippen LogP contribution is -2.12. The molecule has 5 nitrogen and oxygen atoms in total. The fraction of sp³-hybridized carbons (Fsp3) is 0.455. The highest BCUT2D eigenvalue weighted by Crippen LogP contribution is 2.08. The molecule has 2 N–H and O–H groups in total. The van der Waals surface area contributed by atoms with Crippen molar-refractivity contribution in [1.82, 2.24) is 4.98 Å². The quantitative estimate of drug-likeness (QED) is 0.547. The zero-order chi connectivity index (χ0) is 12.5. The minimum Gasteiger partial charge on any atom is -0.475 e. The molecule has 0 aliphatic carbocycles. The molecule has 0 aromatic carbocycles. The van der Waals surface area contributed by atoms with Gasteiger partial charge in [0.15, 0.2) is 0 Å². The summed E-state index contributed by atoms with van der Waals surface area (Å²) in [5, 5.41) is 0. The van der Waals surface area contributed by atoms with Crippen LogP contribution in [-0.4, -0.2) is 43.5 Å². The number of hydrogen-bond donors (Lipinski definition) is 1. The van der Waals surface area contributed by atoms with Gasteiger partial charge >= 0.3 is 0 Å². The Morgan fingerprint density at radius 3 is 2.82 bits per heavy atom. The molecule has 1 heterocycles. The van der Waals surface area contributed by atoms with Gasteiger partial charge in [-0.1, -0.05) is 12.2 Å². The van der Waals surface area contributed by atoms with Crippen LogP contribution in [0.25, 0.3) is 0 Å². The number of thiocarbonyl (C=S) groups is 1. The number of nitrogens with zero attached hydrogens (tertiary/aromatic N) is 1. The van der Waals surface area contributed by atoms with Gasteiger partial charge in [0.1, 0.15) is 11.6 Å². The molecule has 0 saturated carbocycles. The van der Waals surface area contributed by atoms with Gasteiger partial charge in [0.05, 0.1) is 19.8 Å². The summed E-state index contributed by atoms with van der Waals surface area (Å²) in [4.78, 5) is 4.37. The Kier molecular flexibility index (Phi) is 6.46. The molecule has 0 amide bonds. The highest BCUT2D eigenvalue weighted by molar-refractivity contribution is 7.80. The Morgan fingerprint density at radius 2 is 2.12 bits per heavy atom. The first-order valence-electron chi connectivity index (χ1n) is 5.19. The lowest BCUT2D eigenvalue weighted by Gasteiger charge is -2.07. The Hall–Kier alpha value is -1.24. The lowest BCUT2D eigenvalue weighted by molar-refractivity contribution is 0.0537. The second kappa shape index (κ2) is 7.94. The van der Waals surface area contributed by atoms with Crippen LogP contribution in [0.4, 0.5) is 0 Å². The van der Waals surface area contributed by atoms with Crippen molar-refractivity contribution in [2.45, 2.75) is 0 Å². The van der Waals surface area contributed by atoms with Gasteiger partial charge in [0, 0.05) is 24.9 Å². The fourth-order valence-electron chi connectivity index (χ4n) is 1.09. The number of pyridine rings is 1. The van der Waals surface area contributed by atoms with Crippen molar-refractivity contribution in [2.75, 3.05) is 33.5 Å². The van der Waals surface area contributed by atoms with Crippen LogP contribution >= 0.6 is 12.2 Å². The third-order valence-electron chi connectivity index (χ3n) is 1.93. The molecular weight excluding hydrogens is 240 g/mol. The van der Waals surface area contributed by atoms with Crippen LogP contribution in [0.2, 0.25) is 0 Å². The number of hydrogen-bond acceptors (Lipinski definition) is 5. The third kappa shape index (κ3) is 5.58. The van der Waals surface area contributed by atoms with E-state index in [4.69, 9.17) is 32.2 Å². The fourth-order valence-corrected chi connectivity index (χ4v) is 1.22. The van der Waals surface area contributed by atoms with Crippen molar-refractivity contribution in [3.63, 3.8) is 0 Å². The largest absolute Gasteiger partial charge is 0.475 e. The average molecular weight is 256 g/mol. The van der Waals surface area contributed by atoms with Crippen LogP contribution in [-0.2, 0) is 9.47 Å². The number of aromatic nitrogens is 1. The summed E-state index contributed by atoms with van der Waals surface area (Å²) in [5.74, 6) is 0.491. The van der Waals surface area contributed by atoms with E-state index in [9.17, 15) is 0 Å². The van der Waals surface area contributed by atoms with Crippen LogP contribution < -0.4 is 10.5 Å². The molecule has 0 fully saturated rings. The Bertz CT molecular complexity index is 360. The molecule has 0 aliphatic heterocycles. The number of nitrogens with two attached hydrogens (primary N) is 1. The van der Waals surface area contributed by atoms with Crippen LogP contribution in [0.3, 0.4) is 0 Å². The molecule has 0 unspecified atom stereocenters. The SMILES string of the molecule is COCCOCCOc1cc(C(N)=S)ccn1. The minimum absolute atomic E-state index is 0.327. The van der Waals surface area contributed by atoms with Crippen molar-refractivity contribution in [2.24, 2.45) is 5.73 Å². The molecule has 0 saturated heterocycles. The van der Waals surface area contributed by atoms with E-state index in [1.54, 1.807) is 25.4 Å². The predicted octanol–water partition coefficient (Wildman–Crippen LogP) is 0.758. The van der Waals surface area contributed by atoms with Crippen molar-refractivity contribution in [3.8, 4) is 5.88 Å². The molecule has 0 radical (unpaired) electrons. The van der Waals surface area contributed by atoms with Crippen LogP contribution in [0.1, 0.15) is 5.56 Å². The molecule has 0 bridgehead atoms. The van der Waals surface area contributed by atoms with E-state index in [1.807, 2.05) is 0 Å². The lowest BCUT2D eigenvalue weighted by atomic mass is 10.3. The Labute approximate surface area is 106 Å². The first kappa shape index (κ1) is 13.8. The van der Waals surface area contributed by atoms with E-state index in [2.05, 4.69) is 4.98 Å². The molecule has 0 atom stereocenters. The molecule has 94 valence electrons. The van der Waals surface area contributed by atoms with E-state index in [0.29, 0.717) is 37.3 Å². The zero-order valence-electron chi connectivity index (χ0n) is 9.72. The topological polar surface area (TPSA) is 66.6 Å². The summed E-state index contributed by atoms with van der Waals surface area (Å²) in [5.41, 5.74) is 6.24. The molecule has 1 rings (SSSR count). The number of methoxy groups -OCH3 is 1. The maximum Gasteiger partial charge on any atom is 0.213 e. The summed E-state index contributed by atoms with van der Waals surface area (Å²) in [6.07, 6.45) is 1.61. The average Bonchev–Trinajstić information content (AvgIpc) is 2.34. The maximum absolute atomic E-state index is 5.50. The van der Waals surface area contributed by atoms with Gasteiger partial charge in [-0.05, 0) is 6.07 Å². The van der Waals surface area contributed by atoms with E-state index >= 15 is 0 Å². The van der Waals surface area contributed by atoms with Gasteiger partial charge in [-0.25, -0.2) is 4.98 Å². The summed E-state index contributed by atoms with van der Waals surface area (Å²) >= 11 is 4.86. The first-order valence-corrected chi connectivity index (χ1v) is 5.60. The summed E-state index contributed by atoms with van der Waals surface area (Å²) < 4.78 is 15.5. The number of rotatable bonds is 8. The van der Waals surface area contributed by atoms with Crippen LogP contribution in [0.15, 0.2) is 18.3 Å². The van der Waals surface area contributed by atoms with Crippen molar-refractivity contribution in [1.29, 1.82) is 0 Å². The molecule has 17 heavy (non-hydrogen) atoms. The zero-order valence-corrected chi connectivity index (χ0v) is 10.5. The van der Waals surface area contributed by atoms with Crippen LogP contribution in [0.5, 0.6) is 5.88 Å². The summed E-state index contributed by atoms with van der Waals surface area (Å²) in [6, 6.07) is 3.45. The molecule has 1 aromatic rings. The summed E-state index contributed by atoms with van der Waals surface area (Å²) in [6.45, 7) is 2.05. The summed E-state index contributed by atoms with van der Waals surface area (Å²) in [7, 11) is 1.63. The molecule has 6 heteroatoms. The third-order valence-corrected chi connectivity index (χ3v) is 2.16. The van der Waals surface area contributed by atoms with Crippen molar-refractivity contribution in [3.05, 3.63) is 23.9 Å². The Morgan fingerprint density at radius 1 is 1.35 bits per heavy atom. The van der Waals surface area contributed by atoms with E-state index in [0.717, 1.165) is 5.56 Å². The van der Waals surface area contributed by atoms with E-state index in [1.165, 1.54) is 0 Å². The second-order valence-electron chi connectivity index (χ2n) is 3.20. The second-order valence-corrected chi connectivity index (χ2v) is 3.64. The van der Waals surface area contributed by atoms with Gasteiger partial charge in [-0.15, -0.1) is 0 Å². The molecular formula is C11H16N2O3S. The van der Waals surface area contributed by atoms with Crippen LogP contribution in [0, 0.1) is 0 Å². The molecule has 0 aliphatic rings. The highest BCUT2D eigenvalue weighted by atomic mass is 32.1. The Balaban J connectivity index is 2.27.